The molecule has 8 nitrogen and oxygen atoms in total. The van der Waals surface area contributed by atoms with E-state index in [1.54, 1.807) is 25.1 Å². The molecule has 1 aromatic carbocycles. The Morgan fingerprint density at radius 3 is 2.82 bits per heavy atom. The van der Waals surface area contributed by atoms with Crippen LogP contribution in [0.25, 0.3) is 11.3 Å². The molecule has 1 aliphatic heterocycles. The van der Waals surface area contributed by atoms with E-state index >= 15 is 0 Å². The highest BCUT2D eigenvalue weighted by atomic mass is 35.5. The van der Waals surface area contributed by atoms with Crippen LogP contribution in [0.5, 0.6) is 0 Å². The summed E-state index contributed by atoms with van der Waals surface area (Å²) < 4.78 is 39.5. The summed E-state index contributed by atoms with van der Waals surface area (Å²) in [5.74, 6) is -0.608. The highest BCUT2D eigenvalue weighted by Gasteiger charge is 2.41. The Bertz CT molecular complexity index is 1130. The average molecular weight is 478 g/mol. The van der Waals surface area contributed by atoms with Gasteiger partial charge in [0.2, 0.25) is 5.95 Å². The molecule has 1 fully saturated rings. The van der Waals surface area contributed by atoms with Crippen LogP contribution >= 0.6 is 11.6 Å². The number of nitrogens with zero attached hydrogens (tertiary/aromatic N) is 4. The molecule has 0 unspecified atom stereocenters. The van der Waals surface area contributed by atoms with Gasteiger partial charge in [-0.2, -0.15) is 4.98 Å². The number of amides is 1. The number of alkyl halides is 1. The number of anilines is 2. The van der Waals surface area contributed by atoms with E-state index in [1.165, 1.54) is 0 Å². The van der Waals surface area contributed by atoms with E-state index in [0.717, 1.165) is 16.7 Å². The summed E-state index contributed by atoms with van der Waals surface area (Å²) in [5, 5.41) is 7.67. The third-order valence-corrected chi connectivity index (χ3v) is 5.54. The number of cyclic esters (lactones) is 1. The topological polar surface area (TPSA) is 93.4 Å². The average Bonchev–Trinajstić information content (AvgIpc) is 3.43. The van der Waals surface area contributed by atoms with Crippen LogP contribution in [0.1, 0.15) is 38.4 Å². The van der Waals surface area contributed by atoms with Crippen LogP contribution in [-0.2, 0) is 4.74 Å². The first-order chi connectivity index (χ1) is 15.9. The molecule has 1 aliphatic rings. The normalized spacial score (nSPS) is 17.7. The van der Waals surface area contributed by atoms with Crippen LogP contribution in [0.3, 0.4) is 0 Å². The number of ether oxygens (including phenoxy) is 1. The standard InChI is InChI=1S/C22H22ClF2N5O3/c1-3-4-15(24)18-11-32-22(31)30(18)20-16(25)10-26-21(28-20)27-12(2)17-9-19(33-29-17)13-5-7-14(23)8-6-13/h5-10,12,15,18H,3-4,11H2,1-2H3,(H,26,27,28)/t12-,15+,18+/m0/s1. The largest absolute Gasteiger partial charge is 0.447 e. The van der Waals surface area contributed by atoms with Gasteiger partial charge >= 0.3 is 6.09 Å². The van der Waals surface area contributed by atoms with Crippen molar-refractivity contribution in [2.75, 3.05) is 16.8 Å². The van der Waals surface area contributed by atoms with Crippen LogP contribution < -0.4 is 10.2 Å². The first-order valence-electron chi connectivity index (χ1n) is 10.5. The fourth-order valence-electron chi connectivity index (χ4n) is 3.52. The molecular weight excluding hydrogens is 456 g/mol. The number of hydrogen-bond donors (Lipinski definition) is 1. The second kappa shape index (κ2) is 9.70. The molecular formula is C22H22ClF2N5O3. The summed E-state index contributed by atoms with van der Waals surface area (Å²) in [6.07, 6.45) is -0.498. The van der Waals surface area contributed by atoms with Gasteiger partial charge < -0.3 is 14.6 Å². The van der Waals surface area contributed by atoms with Gasteiger partial charge in [0.05, 0.1) is 12.2 Å². The van der Waals surface area contributed by atoms with Gasteiger partial charge in [-0.1, -0.05) is 30.1 Å². The van der Waals surface area contributed by atoms with Crippen molar-refractivity contribution in [1.82, 2.24) is 15.1 Å². The maximum atomic E-state index is 14.6. The van der Waals surface area contributed by atoms with Gasteiger partial charge in [0.15, 0.2) is 17.4 Å². The Balaban J connectivity index is 1.53. The Morgan fingerprint density at radius 2 is 2.09 bits per heavy atom. The van der Waals surface area contributed by atoms with Crippen molar-refractivity contribution < 1.29 is 22.8 Å². The quantitative estimate of drug-likeness (QED) is 0.454. The van der Waals surface area contributed by atoms with Gasteiger partial charge in [-0.25, -0.2) is 23.5 Å². The fraction of sp³-hybridized carbons (Fsp3) is 0.364. The summed E-state index contributed by atoms with van der Waals surface area (Å²) in [4.78, 5) is 21.2. The Kier molecular flexibility index (Phi) is 6.73. The lowest BCUT2D eigenvalue weighted by molar-refractivity contribution is 0.171. The molecule has 3 aromatic rings. The molecule has 1 saturated heterocycles. The SMILES string of the molecule is CCC[C@@H](F)[C@H]1COC(=O)N1c1nc(N[C@@H](C)c2cc(-c3ccc(Cl)cc3)on2)ncc1F. The summed E-state index contributed by atoms with van der Waals surface area (Å²) in [6, 6.07) is 7.48. The van der Waals surface area contributed by atoms with Gasteiger partial charge in [-0.15, -0.1) is 0 Å². The van der Waals surface area contributed by atoms with E-state index in [0.29, 0.717) is 22.9 Å². The lowest BCUT2D eigenvalue weighted by Crippen LogP contribution is -2.41. The number of hydrogen-bond acceptors (Lipinski definition) is 7. The molecule has 174 valence electrons. The summed E-state index contributed by atoms with van der Waals surface area (Å²) >= 11 is 5.92. The fourth-order valence-corrected chi connectivity index (χ4v) is 3.65. The first-order valence-corrected chi connectivity index (χ1v) is 10.9. The zero-order valence-corrected chi connectivity index (χ0v) is 18.7. The molecule has 0 bridgehead atoms. The van der Waals surface area contributed by atoms with Crippen LogP contribution in [-0.4, -0.2) is 40.0 Å². The highest BCUT2D eigenvalue weighted by molar-refractivity contribution is 6.30. The van der Waals surface area contributed by atoms with E-state index in [2.05, 4.69) is 20.4 Å². The molecule has 11 heteroatoms. The Morgan fingerprint density at radius 1 is 1.33 bits per heavy atom. The molecule has 4 rings (SSSR count). The first kappa shape index (κ1) is 22.9. The zero-order chi connectivity index (χ0) is 23.5. The number of aromatic nitrogens is 3. The van der Waals surface area contributed by atoms with Crippen molar-refractivity contribution in [2.45, 2.75) is 44.9 Å². The minimum Gasteiger partial charge on any atom is -0.447 e. The minimum atomic E-state index is -1.37. The molecule has 3 heterocycles. The van der Waals surface area contributed by atoms with E-state index in [4.69, 9.17) is 20.9 Å². The third kappa shape index (κ3) is 4.90. The Labute approximate surface area is 193 Å². The number of carbonyl (C=O) groups excluding carboxylic acids is 1. The lowest BCUT2D eigenvalue weighted by Gasteiger charge is -2.24. The van der Waals surface area contributed by atoms with Crippen LogP contribution in [0, 0.1) is 5.82 Å². The van der Waals surface area contributed by atoms with Crippen molar-refractivity contribution in [3.8, 4) is 11.3 Å². The molecule has 0 radical (unpaired) electrons. The van der Waals surface area contributed by atoms with Gasteiger partial charge in [-0.3, -0.25) is 0 Å². The minimum absolute atomic E-state index is 0.0410. The van der Waals surface area contributed by atoms with Crippen LogP contribution in [0.15, 0.2) is 41.1 Å². The lowest BCUT2D eigenvalue weighted by atomic mass is 10.1. The summed E-state index contributed by atoms with van der Waals surface area (Å²) in [7, 11) is 0. The monoisotopic (exact) mass is 477 g/mol. The van der Waals surface area contributed by atoms with Crippen molar-refractivity contribution >= 4 is 29.5 Å². The maximum absolute atomic E-state index is 14.6. The molecule has 0 spiro atoms. The van der Waals surface area contributed by atoms with E-state index < -0.39 is 30.2 Å². The van der Waals surface area contributed by atoms with E-state index in [9.17, 15) is 13.6 Å². The summed E-state index contributed by atoms with van der Waals surface area (Å²) in [5.41, 5.74) is 1.36. The maximum Gasteiger partial charge on any atom is 0.416 e. The summed E-state index contributed by atoms with van der Waals surface area (Å²) in [6.45, 7) is 3.45. The Hall–Kier alpha value is -3.27. The van der Waals surface area contributed by atoms with E-state index in [1.807, 2.05) is 19.1 Å². The van der Waals surface area contributed by atoms with Gasteiger partial charge in [0, 0.05) is 16.7 Å². The molecule has 3 atom stereocenters. The van der Waals surface area contributed by atoms with Gasteiger partial charge in [0.25, 0.3) is 0 Å². The second-order valence-electron chi connectivity index (χ2n) is 7.67. The third-order valence-electron chi connectivity index (χ3n) is 5.29. The van der Waals surface area contributed by atoms with Crippen molar-refractivity contribution in [3.05, 3.63) is 53.1 Å². The molecule has 2 aromatic heterocycles. The predicted molar refractivity (Wildman–Crippen MR) is 118 cm³/mol. The van der Waals surface area contributed by atoms with Crippen molar-refractivity contribution in [2.24, 2.45) is 0 Å². The molecule has 0 aliphatic carbocycles. The number of nitrogens with one attached hydrogen (secondary N) is 1. The van der Waals surface area contributed by atoms with Crippen molar-refractivity contribution in [3.63, 3.8) is 0 Å². The predicted octanol–water partition coefficient (Wildman–Crippen LogP) is 5.56. The smallest absolute Gasteiger partial charge is 0.416 e. The van der Waals surface area contributed by atoms with Crippen molar-refractivity contribution in [1.29, 1.82) is 0 Å². The van der Waals surface area contributed by atoms with Crippen LogP contribution in [0.4, 0.5) is 25.3 Å². The van der Waals surface area contributed by atoms with Gasteiger partial charge in [-0.05, 0) is 37.6 Å². The number of carbonyl (C=O) groups is 1. The van der Waals surface area contributed by atoms with Gasteiger partial charge in [0.1, 0.15) is 24.5 Å². The number of halogens is 3. The second-order valence-corrected chi connectivity index (χ2v) is 8.11. The molecule has 0 saturated carbocycles. The zero-order valence-electron chi connectivity index (χ0n) is 18.0. The highest BCUT2D eigenvalue weighted by Crippen LogP contribution is 2.30. The van der Waals surface area contributed by atoms with E-state index in [-0.39, 0.29) is 24.8 Å². The number of rotatable bonds is 8. The molecule has 33 heavy (non-hydrogen) atoms. The molecule has 1 N–H and O–H groups in total. The van der Waals surface area contributed by atoms with Crippen LogP contribution in [0.2, 0.25) is 5.02 Å². The molecule has 1 amide bonds. The number of benzene rings is 1.